The number of morpholine rings is 1. The Kier molecular flexibility index (Phi) is 7.88. The number of ether oxygens (including phenoxy) is 1. The zero-order chi connectivity index (χ0) is 19.3. The maximum absolute atomic E-state index is 13.1. The number of carbonyl (C=O) groups is 1. The second-order valence-corrected chi connectivity index (χ2v) is 10.2. The molecule has 0 saturated carbocycles. The van der Waals surface area contributed by atoms with Crippen molar-refractivity contribution in [1.29, 1.82) is 0 Å². The minimum Gasteiger partial charge on any atom is -0.378 e. The molecule has 7 nitrogen and oxygen atoms in total. The zero-order valence-electron chi connectivity index (χ0n) is 16.7. The monoisotopic (exact) mass is 389 g/mol. The molecule has 0 aliphatic carbocycles. The van der Waals surface area contributed by atoms with E-state index in [9.17, 15) is 13.2 Å². The van der Waals surface area contributed by atoms with Gasteiger partial charge in [-0.3, -0.25) is 4.79 Å². The van der Waals surface area contributed by atoms with Gasteiger partial charge in [0.1, 0.15) is 0 Å². The lowest BCUT2D eigenvalue weighted by atomic mass is 9.96. The van der Waals surface area contributed by atoms with Gasteiger partial charge in [0.05, 0.1) is 13.2 Å². The molecule has 2 saturated heterocycles. The summed E-state index contributed by atoms with van der Waals surface area (Å²) in [5, 5.41) is 0. The molecule has 8 heteroatoms. The third kappa shape index (κ3) is 5.65. The fraction of sp³-hybridized carbons (Fsp3) is 0.944. The molecule has 0 aromatic rings. The van der Waals surface area contributed by atoms with Crippen molar-refractivity contribution in [1.82, 2.24) is 13.5 Å². The Hall–Kier alpha value is -0.700. The van der Waals surface area contributed by atoms with Crippen LogP contribution in [0.2, 0.25) is 0 Å². The molecular formula is C18H35N3O4S. The van der Waals surface area contributed by atoms with Gasteiger partial charge in [0.25, 0.3) is 10.2 Å². The first kappa shape index (κ1) is 21.6. The van der Waals surface area contributed by atoms with Crippen molar-refractivity contribution in [3.63, 3.8) is 0 Å². The maximum atomic E-state index is 13.1. The van der Waals surface area contributed by atoms with Crippen LogP contribution in [0, 0.1) is 17.8 Å². The van der Waals surface area contributed by atoms with Crippen molar-refractivity contribution in [2.75, 3.05) is 52.5 Å². The van der Waals surface area contributed by atoms with Crippen LogP contribution >= 0.6 is 0 Å². The number of nitrogens with zero attached hydrogens (tertiary/aromatic N) is 3. The van der Waals surface area contributed by atoms with Gasteiger partial charge in [-0.25, -0.2) is 0 Å². The van der Waals surface area contributed by atoms with E-state index in [2.05, 4.69) is 0 Å². The molecular weight excluding hydrogens is 354 g/mol. The number of carbonyl (C=O) groups excluding carboxylic acids is 1. The average Bonchev–Trinajstić information content (AvgIpc) is 2.60. The topological polar surface area (TPSA) is 70.2 Å². The Balaban J connectivity index is 1.96. The van der Waals surface area contributed by atoms with E-state index >= 15 is 0 Å². The van der Waals surface area contributed by atoms with E-state index in [4.69, 9.17) is 4.74 Å². The van der Waals surface area contributed by atoms with Gasteiger partial charge in [-0.1, -0.05) is 27.7 Å². The molecule has 0 aromatic carbocycles. The van der Waals surface area contributed by atoms with Gasteiger partial charge in [-0.15, -0.1) is 0 Å². The van der Waals surface area contributed by atoms with E-state index in [0.717, 1.165) is 0 Å². The Morgan fingerprint density at radius 3 is 1.96 bits per heavy atom. The third-order valence-corrected chi connectivity index (χ3v) is 6.88. The van der Waals surface area contributed by atoms with Gasteiger partial charge in [-0.2, -0.15) is 17.0 Å². The van der Waals surface area contributed by atoms with Gasteiger partial charge >= 0.3 is 0 Å². The van der Waals surface area contributed by atoms with Crippen LogP contribution in [0.3, 0.4) is 0 Å². The maximum Gasteiger partial charge on any atom is 0.281 e. The molecule has 1 amide bonds. The van der Waals surface area contributed by atoms with Crippen molar-refractivity contribution in [3.8, 4) is 0 Å². The van der Waals surface area contributed by atoms with Gasteiger partial charge in [0, 0.05) is 45.2 Å². The molecule has 0 N–H and O–H groups in total. The summed E-state index contributed by atoms with van der Waals surface area (Å²) in [7, 11) is -3.47. The van der Waals surface area contributed by atoms with Crippen molar-refractivity contribution in [2.45, 2.75) is 40.5 Å². The Morgan fingerprint density at radius 1 is 1.00 bits per heavy atom. The molecule has 0 spiro atoms. The molecule has 2 rings (SSSR count). The van der Waals surface area contributed by atoms with Gasteiger partial charge in [0.2, 0.25) is 5.91 Å². The lowest BCUT2D eigenvalue weighted by Crippen LogP contribution is -2.51. The summed E-state index contributed by atoms with van der Waals surface area (Å²) < 4.78 is 34.6. The summed E-state index contributed by atoms with van der Waals surface area (Å²) in [4.78, 5) is 14.5. The van der Waals surface area contributed by atoms with Crippen molar-refractivity contribution >= 4 is 16.1 Å². The van der Waals surface area contributed by atoms with Gasteiger partial charge < -0.3 is 9.64 Å². The van der Waals surface area contributed by atoms with Crippen LogP contribution in [-0.4, -0.2) is 80.3 Å². The smallest absolute Gasteiger partial charge is 0.281 e. The van der Waals surface area contributed by atoms with Crippen LogP contribution < -0.4 is 0 Å². The van der Waals surface area contributed by atoms with Crippen LogP contribution in [0.5, 0.6) is 0 Å². The lowest BCUT2D eigenvalue weighted by Gasteiger charge is -2.37. The Bertz CT molecular complexity index is 541. The van der Waals surface area contributed by atoms with Gasteiger partial charge in [0.15, 0.2) is 0 Å². The van der Waals surface area contributed by atoms with Crippen LogP contribution in [-0.2, 0) is 19.7 Å². The van der Waals surface area contributed by atoms with Crippen molar-refractivity contribution in [2.24, 2.45) is 17.8 Å². The highest BCUT2D eigenvalue weighted by molar-refractivity contribution is 7.86. The van der Waals surface area contributed by atoms with Crippen molar-refractivity contribution in [3.05, 3.63) is 0 Å². The zero-order valence-corrected chi connectivity index (χ0v) is 17.5. The van der Waals surface area contributed by atoms with E-state index in [-0.39, 0.29) is 23.7 Å². The largest absolute Gasteiger partial charge is 0.378 e. The standard InChI is InChI=1S/C18H35N3O4S/c1-15(2)13-21(14-16(3)4)26(23,24)20-7-5-17(6-8-20)18(22)19-9-11-25-12-10-19/h15-17H,5-14H2,1-4H3. The Labute approximate surface area is 158 Å². The molecule has 26 heavy (non-hydrogen) atoms. The molecule has 0 aromatic heterocycles. The van der Waals surface area contributed by atoms with Gasteiger partial charge in [-0.05, 0) is 24.7 Å². The minimum absolute atomic E-state index is 0.0665. The lowest BCUT2D eigenvalue weighted by molar-refractivity contribution is -0.140. The predicted molar refractivity (Wildman–Crippen MR) is 102 cm³/mol. The highest BCUT2D eigenvalue weighted by Crippen LogP contribution is 2.24. The predicted octanol–water partition coefficient (Wildman–Crippen LogP) is 1.42. The second kappa shape index (κ2) is 9.48. The number of amides is 1. The molecule has 2 heterocycles. The number of hydrogen-bond acceptors (Lipinski definition) is 4. The Morgan fingerprint density at radius 2 is 1.50 bits per heavy atom. The molecule has 0 atom stereocenters. The molecule has 0 radical (unpaired) electrons. The molecule has 2 aliphatic heterocycles. The first-order valence-corrected chi connectivity index (χ1v) is 11.2. The fourth-order valence-electron chi connectivity index (χ4n) is 3.62. The van der Waals surface area contributed by atoms with E-state index < -0.39 is 10.2 Å². The van der Waals surface area contributed by atoms with Crippen LogP contribution in [0.15, 0.2) is 0 Å². The van der Waals surface area contributed by atoms with Crippen LogP contribution in [0.1, 0.15) is 40.5 Å². The summed E-state index contributed by atoms with van der Waals surface area (Å²) in [6, 6.07) is 0. The summed E-state index contributed by atoms with van der Waals surface area (Å²) in [5.74, 6) is 0.655. The molecule has 152 valence electrons. The molecule has 2 fully saturated rings. The van der Waals surface area contributed by atoms with E-state index in [0.29, 0.717) is 65.3 Å². The first-order chi connectivity index (χ1) is 12.2. The number of hydrogen-bond donors (Lipinski definition) is 0. The summed E-state index contributed by atoms with van der Waals surface area (Å²) in [6.45, 7) is 12.6. The average molecular weight is 390 g/mol. The first-order valence-electron chi connectivity index (χ1n) is 9.83. The van der Waals surface area contributed by atoms with E-state index in [1.165, 1.54) is 0 Å². The molecule has 0 unspecified atom stereocenters. The number of rotatable bonds is 7. The fourth-order valence-corrected chi connectivity index (χ4v) is 5.59. The second-order valence-electron chi connectivity index (χ2n) is 8.22. The quantitative estimate of drug-likeness (QED) is 0.660. The van der Waals surface area contributed by atoms with Crippen LogP contribution in [0.25, 0.3) is 0 Å². The summed E-state index contributed by atoms with van der Waals surface area (Å²) >= 11 is 0. The van der Waals surface area contributed by atoms with Crippen LogP contribution in [0.4, 0.5) is 0 Å². The highest BCUT2D eigenvalue weighted by Gasteiger charge is 2.36. The number of piperidine rings is 1. The van der Waals surface area contributed by atoms with E-state index in [1.54, 1.807) is 8.61 Å². The third-order valence-electron chi connectivity index (χ3n) is 4.92. The normalized spacial score (nSPS) is 21.1. The highest BCUT2D eigenvalue weighted by atomic mass is 32.2. The minimum atomic E-state index is -3.47. The van der Waals surface area contributed by atoms with Crippen molar-refractivity contribution < 1.29 is 17.9 Å². The summed E-state index contributed by atoms with van der Waals surface area (Å²) in [5.41, 5.74) is 0. The SMILES string of the molecule is CC(C)CN(CC(C)C)S(=O)(=O)N1CCC(C(=O)N2CCOCC2)CC1. The molecule has 0 bridgehead atoms. The molecule has 2 aliphatic rings. The van der Waals surface area contributed by atoms with E-state index in [1.807, 2.05) is 32.6 Å². The summed E-state index contributed by atoms with van der Waals surface area (Å²) in [6.07, 6.45) is 1.21.